The third kappa shape index (κ3) is 5.19. The first kappa shape index (κ1) is 15.5. The van der Waals surface area contributed by atoms with Gasteiger partial charge < -0.3 is 9.64 Å². The highest BCUT2D eigenvalue weighted by molar-refractivity contribution is 7.07. The van der Waals surface area contributed by atoms with Gasteiger partial charge in [0, 0.05) is 13.5 Å². The molecule has 1 aromatic carbocycles. The molecule has 0 saturated carbocycles. The number of halogens is 1. The van der Waals surface area contributed by atoms with Crippen molar-refractivity contribution in [3.05, 3.63) is 52.5 Å². The number of hydrogen-bond acceptors (Lipinski definition) is 3. The standard InChI is InChI=1S/C16H18FNO2S/c1-18(16(19)7-2-13-8-11-21-12-13)9-10-20-15-5-3-14(17)4-6-15/h3-6,8,11-12H,2,7,9-10H2,1H3. The Balaban J connectivity index is 1.67. The number of hydrogen-bond donors (Lipinski definition) is 0. The van der Waals surface area contributed by atoms with Crippen molar-refractivity contribution in [2.75, 3.05) is 20.2 Å². The molecule has 2 aromatic rings. The second kappa shape index (κ2) is 7.78. The first-order valence-corrected chi connectivity index (χ1v) is 7.73. The van der Waals surface area contributed by atoms with Crippen LogP contribution in [0.1, 0.15) is 12.0 Å². The Labute approximate surface area is 128 Å². The van der Waals surface area contributed by atoms with Crippen molar-refractivity contribution >= 4 is 17.2 Å². The molecule has 0 spiro atoms. The number of benzene rings is 1. The molecule has 1 amide bonds. The molecule has 3 nitrogen and oxygen atoms in total. The Kier molecular flexibility index (Phi) is 5.75. The zero-order valence-corrected chi connectivity index (χ0v) is 12.7. The SMILES string of the molecule is CN(CCOc1ccc(F)cc1)C(=O)CCc1ccsc1. The molecule has 0 unspecified atom stereocenters. The van der Waals surface area contributed by atoms with Crippen LogP contribution in [0.3, 0.4) is 0 Å². The fourth-order valence-corrected chi connectivity index (χ4v) is 2.54. The van der Waals surface area contributed by atoms with Crippen molar-refractivity contribution in [2.24, 2.45) is 0 Å². The number of nitrogens with zero attached hydrogens (tertiary/aromatic N) is 1. The maximum Gasteiger partial charge on any atom is 0.222 e. The summed E-state index contributed by atoms with van der Waals surface area (Å²) >= 11 is 1.64. The molecular weight excluding hydrogens is 289 g/mol. The monoisotopic (exact) mass is 307 g/mol. The van der Waals surface area contributed by atoms with Crippen LogP contribution in [0.2, 0.25) is 0 Å². The largest absolute Gasteiger partial charge is 0.492 e. The van der Waals surface area contributed by atoms with Crippen molar-refractivity contribution < 1.29 is 13.9 Å². The van der Waals surface area contributed by atoms with E-state index in [9.17, 15) is 9.18 Å². The lowest BCUT2D eigenvalue weighted by Crippen LogP contribution is -2.31. The van der Waals surface area contributed by atoms with Crippen molar-refractivity contribution in [2.45, 2.75) is 12.8 Å². The van der Waals surface area contributed by atoms with Crippen molar-refractivity contribution in [1.29, 1.82) is 0 Å². The van der Waals surface area contributed by atoms with Gasteiger partial charge in [-0.2, -0.15) is 11.3 Å². The Morgan fingerprint density at radius 3 is 2.71 bits per heavy atom. The molecule has 5 heteroatoms. The van der Waals surface area contributed by atoms with Gasteiger partial charge in [0.15, 0.2) is 0 Å². The lowest BCUT2D eigenvalue weighted by atomic mass is 10.2. The van der Waals surface area contributed by atoms with Gasteiger partial charge in [-0.25, -0.2) is 4.39 Å². The van der Waals surface area contributed by atoms with Crippen LogP contribution in [0.5, 0.6) is 5.75 Å². The highest BCUT2D eigenvalue weighted by atomic mass is 32.1. The van der Waals surface area contributed by atoms with Crippen LogP contribution in [-0.2, 0) is 11.2 Å². The summed E-state index contributed by atoms with van der Waals surface area (Å²) in [5, 5.41) is 4.07. The van der Waals surface area contributed by atoms with Crippen LogP contribution in [0.25, 0.3) is 0 Å². The smallest absolute Gasteiger partial charge is 0.222 e. The van der Waals surface area contributed by atoms with Crippen LogP contribution >= 0.6 is 11.3 Å². The Bertz CT molecular complexity index is 554. The summed E-state index contributed by atoms with van der Waals surface area (Å²) in [7, 11) is 1.77. The van der Waals surface area contributed by atoms with Gasteiger partial charge in [-0.3, -0.25) is 4.79 Å². The first-order valence-electron chi connectivity index (χ1n) is 6.78. The predicted octanol–water partition coefficient (Wildman–Crippen LogP) is 3.36. The summed E-state index contributed by atoms with van der Waals surface area (Å²) in [6.45, 7) is 0.909. The summed E-state index contributed by atoms with van der Waals surface area (Å²) in [5.74, 6) is 0.419. The number of thiophene rings is 1. The topological polar surface area (TPSA) is 29.5 Å². The Morgan fingerprint density at radius 1 is 1.29 bits per heavy atom. The molecule has 112 valence electrons. The molecule has 0 bridgehead atoms. The van der Waals surface area contributed by atoms with E-state index in [-0.39, 0.29) is 11.7 Å². The number of rotatable bonds is 7. The molecule has 21 heavy (non-hydrogen) atoms. The highest BCUT2D eigenvalue weighted by Gasteiger charge is 2.09. The molecule has 0 fully saturated rings. The van der Waals surface area contributed by atoms with E-state index in [2.05, 4.69) is 5.38 Å². The van der Waals surface area contributed by atoms with E-state index in [1.54, 1.807) is 35.4 Å². The van der Waals surface area contributed by atoms with Crippen LogP contribution in [0, 0.1) is 5.82 Å². The van der Waals surface area contributed by atoms with Gasteiger partial charge in [0.05, 0.1) is 6.54 Å². The second-order valence-electron chi connectivity index (χ2n) is 4.75. The van der Waals surface area contributed by atoms with Gasteiger partial charge in [0.25, 0.3) is 0 Å². The zero-order valence-electron chi connectivity index (χ0n) is 11.9. The van der Waals surface area contributed by atoms with Gasteiger partial charge >= 0.3 is 0 Å². The summed E-state index contributed by atoms with van der Waals surface area (Å²) < 4.78 is 18.2. The predicted molar refractivity (Wildman–Crippen MR) is 82.2 cm³/mol. The van der Waals surface area contributed by atoms with Crippen LogP contribution < -0.4 is 4.74 Å². The minimum absolute atomic E-state index is 0.101. The van der Waals surface area contributed by atoms with Crippen molar-refractivity contribution in [3.63, 3.8) is 0 Å². The fourth-order valence-electron chi connectivity index (χ4n) is 1.83. The minimum atomic E-state index is -0.289. The molecule has 1 heterocycles. The normalized spacial score (nSPS) is 10.4. The fraction of sp³-hybridized carbons (Fsp3) is 0.312. The van der Waals surface area contributed by atoms with Crippen LogP contribution in [-0.4, -0.2) is 31.0 Å². The third-order valence-electron chi connectivity index (χ3n) is 3.14. The number of aryl methyl sites for hydroxylation is 1. The van der Waals surface area contributed by atoms with E-state index in [0.29, 0.717) is 25.3 Å². The number of carbonyl (C=O) groups excluding carboxylic acids is 1. The van der Waals surface area contributed by atoms with Gasteiger partial charge in [-0.05, 0) is 53.1 Å². The van der Waals surface area contributed by atoms with Gasteiger partial charge in [-0.15, -0.1) is 0 Å². The van der Waals surface area contributed by atoms with E-state index in [4.69, 9.17) is 4.74 Å². The number of carbonyl (C=O) groups is 1. The van der Waals surface area contributed by atoms with E-state index in [1.807, 2.05) is 11.4 Å². The lowest BCUT2D eigenvalue weighted by Gasteiger charge is -2.17. The molecule has 0 atom stereocenters. The highest BCUT2D eigenvalue weighted by Crippen LogP contribution is 2.11. The van der Waals surface area contributed by atoms with E-state index in [1.165, 1.54) is 17.7 Å². The second-order valence-corrected chi connectivity index (χ2v) is 5.53. The molecule has 0 N–H and O–H groups in total. The van der Waals surface area contributed by atoms with Crippen LogP contribution in [0.4, 0.5) is 4.39 Å². The average molecular weight is 307 g/mol. The molecule has 0 aliphatic heterocycles. The molecule has 2 rings (SSSR count). The van der Waals surface area contributed by atoms with E-state index < -0.39 is 0 Å². The zero-order chi connectivity index (χ0) is 15.1. The number of amides is 1. The maximum atomic E-state index is 12.7. The quantitative estimate of drug-likeness (QED) is 0.785. The third-order valence-corrected chi connectivity index (χ3v) is 3.87. The van der Waals surface area contributed by atoms with Gasteiger partial charge in [0.1, 0.15) is 18.2 Å². The number of likely N-dealkylation sites (N-methyl/N-ethyl adjacent to an activating group) is 1. The Morgan fingerprint density at radius 2 is 2.05 bits per heavy atom. The van der Waals surface area contributed by atoms with Gasteiger partial charge in [-0.1, -0.05) is 0 Å². The van der Waals surface area contributed by atoms with Gasteiger partial charge in [0.2, 0.25) is 5.91 Å². The first-order chi connectivity index (χ1) is 10.1. The van der Waals surface area contributed by atoms with Crippen LogP contribution in [0.15, 0.2) is 41.1 Å². The molecule has 0 radical (unpaired) electrons. The molecule has 0 aliphatic carbocycles. The number of ether oxygens (including phenoxy) is 1. The molecular formula is C16H18FNO2S. The molecule has 1 aromatic heterocycles. The van der Waals surface area contributed by atoms with Crippen molar-refractivity contribution in [3.8, 4) is 5.75 Å². The summed E-state index contributed by atoms with van der Waals surface area (Å²) in [6.07, 6.45) is 1.27. The minimum Gasteiger partial charge on any atom is -0.492 e. The summed E-state index contributed by atoms with van der Waals surface area (Å²) in [5.41, 5.74) is 1.20. The molecule has 0 aliphatic rings. The summed E-state index contributed by atoms with van der Waals surface area (Å²) in [6, 6.07) is 7.90. The molecule has 0 saturated heterocycles. The van der Waals surface area contributed by atoms with Crippen molar-refractivity contribution in [1.82, 2.24) is 4.90 Å². The average Bonchev–Trinajstić information content (AvgIpc) is 3.00. The Hall–Kier alpha value is -1.88. The summed E-state index contributed by atoms with van der Waals surface area (Å²) in [4.78, 5) is 13.6. The lowest BCUT2D eigenvalue weighted by molar-refractivity contribution is -0.130. The van der Waals surface area contributed by atoms with E-state index >= 15 is 0 Å². The maximum absolute atomic E-state index is 12.7. The van der Waals surface area contributed by atoms with E-state index in [0.717, 1.165) is 6.42 Å².